The average molecular weight is 359 g/mol. The van der Waals surface area contributed by atoms with E-state index in [0.29, 0.717) is 0 Å². The van der Waals surface area contributed by atoms with Gasteiger partial charge in [0, 0.05) is 26.2 Å². The third kappa shape index (κ3) is 4.05. The summed E-state index contributed by atoms with van der Waals surface area (Å²) in [6.07, 6.45) is 0. The van der Waals surface area contributed by atoms with Crippen LogP contribution in [0.5, 0.6) is 0 Å². The molecule has 8 heteroatoms. The third-order valence-corrected chi connectivity index (χ3v) is 0.877. The van der Waals surface area contributed by atoms with Crippen LogP contribution >= 0.6 is 0 Å². The molecular formula is CHBiF3O3S. The van der Waals surface area contributed by atoms with Gasteiger partial charge in [-0.15, -0.1) is 0 Å². The SMILES string of the molecule is O=S(=O)(O)C(F)(F)F.[Bi]. The van der Waals surface area contributed by atoms with Gasteiger partial charge in [-0.2, -0.15) is 21.6 Å². The van der Waals surface area contributed by atoms with Crippen LogP contribution < -0.4 is 0 Å². The summed E-state index contributed by atoms with van der Waals surface area (Å²) in [7, 11) is -5.84. The molecule has 0 aromatic rings. The van der Waals surface area contributed by atoms with Gasteiger partial charge in [0.1, 0.15) is 0 Å². The molecule has 3 nitrogen and oxygen atoms in total. The van der Waals surface area contributed by atoms with E-state index in [1.807, 2.05) is 0 Å². The van der Waals surface area contributed by atoms with Crippen LogP contribution in [0.2, 0.25) is 0 Å². The standard InChI is InChI=1S/CHF3O3S.Bi/c2-1(3,4)8(5,6)7;/h(H,5,6,7);. The Hall–Kier alpha value is 0.583. The maximum absolute atomic E-state index is 10.7. The Bertz CT molecular complexity index is 168. The molecule has 0 amide bonds. The second-order valence-electron chi connectivity index (χ2n) is 0.921. The predicted octanol–water partition coefficient (Wildman–Crippen LogP) is 0.0132. The van der Waals surface area contributed by atoms with Crippen molar-refractivity contribution >= 4 is 36.3 Å². The number of rotatable bonds is 0. The molecule has 0 unspecified atom stereocenters. The van der Waals surface area contributed by atoms with E-state index in [2.05, 4.69) is 0 Å². The van der Waals surface area contributed by atoms with E-state index in [1.165, 1.54) is 0 Å². The van der Waals surface area contributed by atoms with Crippen molar-refractivity contribution in [1.29, 1.82) is 0 Å². The molecule has 0 spiro atoms. The van der Waals surface area contributed by atoms with Crippen LogP contribution in [-0.4, -0.2) is 44.7 Å². The number of alkyl halides is 3. The van der Waals surface area contributed by atoms with Crippen molar-refractivity contribution in [3.8, 4) is 0 Å². The molecule has 0 fully saturated rings. The summed E-state index contributed by atoms with van der Waals surface area (Å²) in [6.45, 7) is 0. The second-order valence-corrected chi connectivity index (χ2v) is 2.33. The summed E-state index contributed by atoms with van der Waals surface area (Å²) in [5.41, 5.74) is -5.53. The molecule has 0 rings (SSSR count). The number of halogens is 3. The minimum Gasteiger partial charge on any atom is -0.279 e. The normalized spacial score (nSPS) is 12.4. The van der Waals surface area contributed by atoms with Crippen molar-refractivity contribution < 1.29 is 26.1 Å². The smallest absolute Gasteiger partial charge is 0.279 e. The fourth-order valence-corrected chi connectivity index (χ4v) is 0. The summed E-state index contributed by atoms with van der Waals surface area (Å²) < 4.78 is 57.5. The van der Waals surface area contributed by atoms with Gasteiger partial charge in [0.2, 0.25) is 0 Å². The van der Waals surface area contributed by atoms with Crippen molar-refractivity contribution in [2.45, 2.75) is 5.51 Å². The molecule has 9 heavy (non-hydrogen) atoms. The van der Waals surface area contributed by atoms with Crippen molar-refractivity contribution in [3.63, 3.8) is 0 Å². The second kappa shape index (κ2) is 3.12. The first-order valence-electron chi connectivity index (χ1n) is 1.29. The zero-order chi connectivity index (χ0) is 7.00. The van der Waals surface area contributed by atoms with Crippen molar-refractivity contribution in [2.24, 2.45) is 0 Å². The summed E-state index contributed by atoms with van der Waals surface area (Å²) in [5, 5.41) is 0. The van der Waals surface area contributed by atoms with Gasteiger partial charge in [0.05, 0.1) is 0 Å². The Morgan fingerprint density at radius 2 is 1.33 bits per heavy atom. The van der Waals surface area contributed by atoms with E-state index in [4.69, 9.17) is 13.0 Å². The van der Waals surface area contributed by atoms with Crippen LogP contribution in [-0.2, 0) is 10.1 Å². The molecule has 0 atom stereocenters. The minimum atomic E-state index is -5.84. The van der Waals surface area contributed by atoms with Gasteiger partial charge in [-0.3, -0.25) is 4.55 Å². The van der Waals surface area contributed by atoms with Crippen LogP contribution in [0.4, 0.5) is 13.2 Å². The van der Waals surface area contributed by atoms with E-state index in [9.17, 15) is 13.2 Å². The molecule has 0 aliphatic heterocycles. The van der Waals surface area contributed by atoms with E-state index < -0.39 is 15.6 Å². The van der Waals surface area contributed by atoms with Crippen molar-refractivity contribution in [1.82, 2.24) is 0 Å². The first-order chi connectivity index (χ1) is 3.25. The molecule has 0 aromatic carbocycles. The Labute approximate surface area is 68.1 Å². The van der Waals surface area contributed by atoms with Crippen LogP contribution in [0.25, 0.3) is 0 Å². The average Bonchev–Trinajstić information content (AvgIpc) is 1.25. The number of hydrogen-bond donors (Lipinski definition) is 1. The summed E-state index contributed by atoms with van der Waals surface area (Å²) in [6, 6.07) is 0. The van der Waals surface area contributed by atoms with Crippen LogP contribution in [0, 0.1) is 0 Å². The molecule has 0 aliphatic rings. The topological polar surface area (TPSA) is 54.4 Å². The van der Waals surface area contributed by atoms with Gasteiger partial charge in [0.15, 0.2) is 0 Å². The summed E-state index contributed by atoms with van der Waals surface area (Å²) in [4.78, 5) is 0. The minimum absolute atomic E-state index is 0. The first-order valence-corrected chi connectivity index (χ1v) is 2.73. The van der Waals surface area contributed by atoms with E-state index in [1.54, 1.807) is 0 Å². The molecule has 55 valence electrons. The predicted molar refractivity (Wildman–Crippen MR) is 23.4 cm³/mol. The molecule has 0 saturated carbocycles. The zero-order valence-corrected chi connectivity index (χ0v) is 8.05. The van der Waals surface area contributed by atoms with Gasteiger partial charge >= 0.3 is 15.6 Å². The fourth-order valence-electron chi connectivity index (χ4n) is 0. The largest absolute Gasteiger partial charge is 0.522 e. The Kier molecular flexibility index (Phi) is 4.25. The van der Waals surface area contributed by atoms with E-state index in [-0.39, 0.29) is 26.2 Å². The van der Waals surface area contributed by atoms with Gasteiger partial charge in [-0.05, 0) is 0 Å². The molecule has 0 heterocycles. The number of hydrogen-bond acceptors (Lipinski definition) is 2. The fraction of sp³-hybridized carbons (Fsp3) is 1.00. The van der Waals surface area contributed by atoms with Gasteiger partial charge in [0.25, 0.3) is 0 Å². The molecule has 0 bridgehead atoms. The van der Waals surface area contributed by atoms with Gasteiger partial charge in [-0.1, -0.05) is 0 Å². The van der Waals surface area contributed by atoms with E-state index in [0.717, 1.165) is 0 Å². The molecule has 3 radical (unpaired) electrons. The molecule has 0 aliphatic carbocycles. The molecule has 0 saturated heterocycles. The Morgan fingerprint density at radius 3 is 1.33 bits per heavy atom. The van der Waals surface area contributed by atoms with Crippen LogP contribution in [0.1, 0.15) is 0 Å². The maximum Gasteiger partial charge on any atom is 0.522 e. The van der Waals surface area contributed by atoms with Gasteiger partial charge in [-0.25, -0.2) is 0 Å². The monoisotopic (exact) mass is 359 g/mol. The van der Waals surface area contributed by atoms with E-state index >= 15 is 0 Å². The zero-order valence-electron chi connectivity index (χ0n) is 3.75. The quantitative estimate of drug-likeness (QED) is 0.377. The van der Waals surface area contributed by atoms with Crippen molar-refractivity contribution in [3.05, 3.63) is 0 Å². The van der Waals surface area contributed by atoms with Crippen molar-refractivity contribution in [2.75, 3.05) is 0 Å². The Morgan fingerprint density at radius 1 is 1.22 bits per heavy atom. The molecule has 1 N–H and O–H groups in total. The maximum atomic E-state index is 10.7. The third-order valence-electron chi connectivity index (χ3n) is 0.292. The molecular weight excluding hydrogens is 358 g/mol. The Balaban J connectivity index is 0. The van der Waals surface area contributed by atoms with Crippen LogP contribution in [0.15, 0.2) is 0 Å². The van der Waals surface area contributed by atoms with Gasteiger partial charge < -0.3 is 0 Å². The summed E-state index contributed by atoms with van der Waals surface area (Å²) >= 11 is 0. The molecule has 0 aromatic heterocycles. The van der Waals surface area contributed by atoms with Crippen LogP contribution in [0.3, 0.4) is 0 Å². The first kappa shape index (κ1) is 12.3. The summed E-state index contributed by atoms with van der Waals surface area (Å²) in [5.74, 6) is 0.